The SMILES string of the molecule is CC(C)=CCCC(C)=CCC(OC(CC=C(C)CCC=C(C)C)c1cc(C)cc(C)n1)c1cc(C)cc(C)n1. The number of allylic oxidation sites excluding steroid dienone is 6. The van der Waals surface area contributed by atoms with Crippen LogP contribution in [0.4, 0.5) is 0 Å². The fourth-order valence-corrected chi connectivity index (χ4v) is 4.76. The molecule has 0 aliphatic rings. The van der Waals surface area contributed by atoms with Gasteiger partial charge in [0.25, 0.3) is 0 Å². The highest BCUT2D eigenvalue weighted by molar-refractivity contribution is 5.24. The van der Waals surface area contributed by atoms with Crippen molar-refractivity contribution in [2.75, 3.05) is 0 Å². The minimum atomic E-state index is -0.144. The van der Waals surface area contributed by atoms with E-state index in [9.17, 15) is 0 Å². The Morgan fingerprint density at radius 3 is 1.33 bits per heavy atom. The number of hydrogen-bond donors (Lipinski definition) is 0. The van der Waals surface area contributed by atoms with Crippen molar-refractivity contribution in [3.8, 4) is 0 Å². The van der Waals surface area contributed by atoms with E-state index >= 15 is 0 Å². The molecule has 0 aliphatic heterocycles. The van der Waals surface area contributed by atoms with Crippen molar-refractivity contribution in [2.45, 2.75) is 120 Å². The molecule has 0 fully saturated rings. The number of ether oxygens (including phenoxy) is 1. The van der Waals surface area contributed by atoms with Gasteiger partial charge >= 0.3 is 0 Å². The Balaban J connectivity index is 2.40. The van der Waals surface area contributed by atoms with Crippen molar-refractivity contribution in [1.29, 1.82) is 0 Å². The fraction of sp³-hybridized carbons (Fsp3) is 0.500. The van der Waals surface area contributed by atoms with Gasteiger partial charge in [-0.25, -0.2) is 0 Å². The monoisotopic (exact) mass is 528 g/mol. The van der Waals surface area contributed by atoms with Crippen LogP contribution in [0, 0.1) is 27.7 Å². The molecule has 2 atom stereocenters. The lowest BCUT2D eigenvalue weighted by Gasteiger charge is -2.25. The summed E-state index contributed by atoms with van der Waals surface area (Å²) in [6, 6.07) is 8.61. The molecule has 0 bridgehead atoms. The Morgan fingerprint density at radius 2 is 1.00 bits per heavy atom. The Labute approximate surface area is 239 Å². The maximum atomic E-state index is 6.99. The smallest absolute Gasteiger partial charge is 0.104 e. The normalized spacial score (nSPS) is 13.7. The summed E-state index contributed by atoms with van der Waals surface area (Å²) in [4.78, 5) is 9.85. The number of aryl methyl sites for hydroxylation is 4. The topological polar surface area (TPSA) is 35.0 Å². The third-order valence-electron chi connectivity index (χ3n) is 6.77. The molecule has 0 saturated heterocycles. The summed E-state index contributed by atoms with van der Waals surface area (Å²) in [6.45, 7) is 21.5. The summed E-state index contributed by atoms with van der Waals surface area (Å²) in [5, 5.41) is 0. The largest absolute Gasteiger partial charge is 0.362 e. The highest BCUT2D eigenvalue weighted by Crippen LogP contribution is 2.33. The lowest BCUT2D eigenvalue weighted by atomic mass is 10.0. The van der Waals surface area contributed by atoms with E-state index in [1.54, 1.807) is 0 Å². The summed E-state index contributed by atoms with van der Waals surface area (Å²) in [7, 11) is 0. The molecule has 212 valence electrons. The second kappa shape index (κ2) is 16.4. The first-order chi connectivity index (χ1) is 18.4. The van der Waals surface area contributed by atoms with Crippen LogP contribution in [0.15, 0.2) is 70.9 Å². The number of aromatic nitrogens is 2. The minimum absolute atomic E-state index is 0.144. The molecule has 3 nitrogen and oxygen atoms in total. The average molecular weight is 529 g/mol. The van der Waals surface area contributed by atoms with Crippen molar-refractivity contribution in [1.82, 2.24) is 9.97 Å². The van der Waals surface area contributed by atoms with Gasteiger partial charge in [0.1, 0.15) is 12.2 Å². The zero-order valence-corrected chi connectivity index (χ0v) is 26.3. The molecule has 3 heteroatoms. The van der Waals surface area contributed by atoms with Crippen LogP contribution in [-0.2, 0) is 4.74 Å². The molecule has 0 aliphatic carbocycles. The van der Waals surface area contributed by atoms with Gasteiger partial charge < -0.3 is 4.74 Å². The van der Waals surface area contributed by atoms with Crippen LogP contribution >= 0.6 is 0 Å². The van der Waals surface area contributed by atoms with Crippen molar-refractivity contribution in [2.24, 2.45) is 0 Å². The molecule has 0 saturated carbocycles. The van der Waals surface area contributed by atoms with Gasteiger partial charge in [-0.1, -0.05) is 46.6 Å². The molecule has 2 unspecified atom stereocenters. The molecule has 0 aromatic carbocycles. The molecule has 2 rings (SSSR count). The van der Waals surface area contributed by atoms with Gasteiger partial charge in [-0.15, -0.1) is 0 Å². The van der Waals surface area contributed by atoms with E-state index in [1.807, 2.05) is 0 Å². The molecule has 0 N–H and O–H groups in total. The van der Waals surface area contributed by atoms with Crippen LogP contribution in [-0.4, -0.2) is 9.97 Å². The lowest BCUT2D eigenvalue weighted by molar-refractivity contribution is -0.0168. The maximum Gasteiger partial charge on any atom is 0.104 e. The second-order valence-electron chi connectivity index (χ2n) is 11.7. The van der Waals surface area contributed by atoms with Crippen molar-refractivity contribution >= 4 is 0 Å². The Hall–Kier alpha value is -2.78. The van der Waals surface area contributed by atoms with Crippen LogP contribution in [0.5, 0.6) is 0 Å². The molecular formula is C36H52N2O. The van der Waals surface area contributed by atoms with Crippen LogP contribution in [0.3, 0.4) is 0 Å². The summed E-state index contributed by atoms with van der Waals surface area (Å²) < 4.78 is 6.99. The van der Waals surface area contributed by atoms with E-state index in [4.69, 9.17) is 14.7 Å². The maximum absolute atomic E-state index is 6.99. The average Bonchev–Trinajstić information content (AvgIpc) is 2.81. The number of pyridine rings is 2. The van der Waals surface area contributed by atoms with Crippen LogP contribution in [0.1, 0.15) is 126 Å². The van der Waals surface area contributed by atoms with Crippen molar-refractivity contribution < 1.29 is 4.74 Å². The van der Waals surface area contributed by atoms with Crippen LogP contribution in [0.2, 0.25) is 0 Å². The molecule has 2 aromatic rings. The number of rotatable bonds is 14. The van der Waals surface area contributed by atoms with Gasteiger partial charge in [0.15, 0.2) is 0 Å². The zero-order valence-electron chi connectivity index (χ0n) is 26.3. The molecule has 0 spiro atoms. The summed E-state index contributed by atoms with van der Waals surface area (Å²) in [5.74, 6) is 0. The Bertz CT molecular complexity index is 1060. The van der Waals surface area contributed by atoms with E-state index in [-0.39, 0.29) is 12.2 Å². The van der Waals surface area contributed by atoms with Gasteiger partial charge in [-0.3, -0.25) is 9.97 Å². The fourth-order valence-electron chi connectivity index (χ4n) is 4.76. The van der Waals surface area contributed by atoms with Gasteiger partial charge in [0.05, 0.1) is 11.4 Å². The highest BCUT2D eigenvalue weighted by atomic mass is 16.5. The summed E-state index contributed by atoms with van der Waals surface area (Å²) in [6.07, 6.45) is 14.9. The first-order valence-electron chi connectivity index (χ1n) is 14.6. The van der Waals surface area contributed by atoms with Gasteiger partial charge in [0, 0.05) is 11.4 Å². The van der Waals surface area contributed by atoms with Crippen molar-refractivity contribution in [3.05, 3.63) is 105 Å². The first-order valence-corrected chi connectivity index (χ1v) is 14.6. The number of nitrogens with zero attached hydrogens (tertiary/aromatic N) is 2. The molecular weight excluding hydrogens is 476 g/mol. The summed E-state index contributed by atoms with van der Waals surface area (Å²) >= 11 is 0. The number of hydrogen-bond acceptors (Lipinski definition) is 3. The molecule has 0 radical (unpaired) electrons. The van der Waals surface area contributed by atoms with Gasteiger partial charge in [0.2, 0.25) is 0 Å². The quantitative estimate of drug-likeness (QED) is 0.229. The lowest BCUT2D eigenvalue weighted by Crippen LogP contribution is -2.14. The predicted molar refractivity (Wildman–Crippen MR) is 168 cm³/mol. The third kappa shape index (κ3) is 12.7. The predicted octanol–water partition coefficient (Wildman–Crippen LogP) is 10.7. The summed E-state index contributed by atoms with van der Waals surface area (Å²) in [5.41, 5.74) is 12.0. The van der Waals surface area contributed by atoms with E-state index in [0.29, 0.717) is 0 Å². The zero-order chi connectivity index (χ0) is 28.9. The Morgan fingerprint density at radius 1 is 0.615 bits per heavy atom. The van der Waals surface area contributed by atoms with Crippen LogP contribution in [0.25, 0.3) is 0 Å². The van der Waals surface area contributed by atoms with E-state index in [1.165, 1.54) is 33.4 Å². The first kappa shape index (κ1) is 32.4. The molecule has 0 amide bonds. The van der Waals surface area contributed by atoms with Crippen LogP contribution < -0.4 is 0 Å². The minimum Gasteiger partial charge on any atom is -0.362 e. The van der Waals surface area contributed by atoms with E-state index < -0.39 is 0 Å². The van der Waals surface area contributed by atoms with Gasteiger partial charge in [-0.05, 0) is 143 Å². The van der Waals surface area contributed by atoms with E-state index in [2.05, 4.69) is 118 Å². The highest BCUT2D eigenvalue weighted by Gasteiger charge is 2.22. The third-order valence-corrected chi connectivity index (χ3v) is 6.77. The Kier molecular flexibility index (Phi) is 13.6. The van der Waals surface area contributed by atoms with Crippen molar-refractivity contribution in [3.63, 3.8) is 0 Å². The second-order valence-corrected chi connectivity index (χ2v) is 11.7. The molecule has 2 heterocycles. The standard InChI is InChI=1S/C36H52N2O/c1-25(2)13-11-15-27(5)17-19-35(33-23-29(7)21-31(9)37-33)39-36(34-24-30(8)22-32(10)38-34)20-18-28(6)16-12-14-26(3)4/h13-14,17-18,21-24,35-36H,11-12,15-16,19-20H2,1-10H3. The van der Waals surface area contributed by atoms with Gasteiger partial charge in [-0.2, -0.15) is 0 Å². The molecule has 39 heavy (non-hydrogen) atoms. The molecule has 2 aromatic heterocycles. The van der Waals surface area contributed by atoms with E-state index in [0.717, 1.165) is 61.3 Å².